The number of benzene rings is 4. The molecule has 0 atom stereocenters. The van der Waals surface area contributed by atoms with Gasteiger partial charge in [0, 0.05) is 26.2 Å². The Bertz CT molecular complexity index is 2090. The molecule has 8 rings (SSSR count). The van der Waals surface area contributed by atoms with Gasteiger partial charge in [0.25, 0.3) is 0 Å². The van der Waals surface area contributed by atoms with E-state index in [0.29, 0.717) is 44.8 Å². The van der Waals surface area contributed by atoms with Gasteiger partial charge in [0.1, 0.15) is 22.3 Å². The Morgan fingerprint density at radius 2 is 0.955 bits per heavy atom. The van der Waals surface area contributed by atoms with Crippen LogP contribution in [0.1, 0.15) is 36.8 Å². The van der Waals surface area contributed by atoms with Gasteiger partial charge in [-0.2, -0.15) is 10.2 Å². The normalized spacial score (nSPS) is 15.8. The SMILES string of the molecule is O=c1c(/C=N/N=C/c2c(N3CCCC3)oc3ccc4ccccc4c3c2=O)c(N2CCCC2)oc2ccc3ccccc3c12. The van der Waals surface area contributed by atoms with Gasteiger partial charge in [0.05, 0.1) is 23.2 Å². The van der Waals surface area contributed by atoms with Crippen molar-refractivity contribution in [3.8, 4) is 0 Å². The van der Waals surface area contributed by atoms with Crippen molar-refractivity contribution in [3.05, 3.63) is 104 Å². The second kappa shape index (κ2) is 10.8. The van der Waals surface area contributed by atoms with Gasteiger partial charge in [-0.1, -0.05) is 60.7 Å². The Morgan fingerprint density at radius 3 is 1.39 bits per heavy atom. The van der Waals surface area contributed by atoms with E-state index in [1.807, 2.05) is 72.8 Å². The van der Waals surface area contributed by atoms with Crippen LogP contribution in [0.2, 0.25) is 0 Å². The lowest BCUT2D eigenvalue weighted by Crippen LogP contribution is -2.23. The molecule has 2 saturated heterocycles. The third kappa shape index (κ3) is 4.37. The molecule has 8 heteroatoms. The smallest absolute Gasteiger partial charge is 0.208 e. The van der Waals surface area contributed by atoms with Crippen LogP contribution in [0.5, 0.6) is 0 Å². The molecule has 0 bridgehead atoms. The van der Waals surface area contributed by atoms with Gasteiger partial charge in [0.15, 0.2) is 0 Å². The van der Waals surface area contributed by atoms with Gasteiger partial charge in [-0.25, -0.2) is 0 Å². The fourth-order valence-electron chi connectivity index (χ4n) is 6.64. The predicted octanol–water partition coefficient (Wildman–Crippen LogP) is 6.86. The van der Waals surface area contributed by atoms with Gasteiger partial charge >= 0.3 is 0 Å². The topological polar surface area (TPSA) is 91.6 Å². The molecule has 0 radical (unpaired) electrons. The van der Waals surface area contributed by atoms with Crippen molar-refractivity contribution in [2.75, 3.05) is 36.0 Å². The highest BCUT2D eigenvalue weighted by Crippen LogP contribution is 2.31. The van der Waals surface area contributed by atoms with Crippen LogP contribution in [0.15, 0.2) is 101 Å². The van der Waals surface area contributed by atoms with Crippen molar-refractivity contribution < 1.29 is 8.83 Å². The number of anilines is 2. The lowest BCUT2D eigenvalue weighted by atomic mass is 10.0. The summed E-state index contributed by atoms with van der Waals surface area (Å²) in [6.07, 6.45) is 7.04. The number of fused-ring (bicyclic) bond motifs is 6. The minimum Gasteiger partial charge on any atom is -0.440 e. The van der Waals surface area contributed by atoms with Crippen molar-refractivity contribution >= 4 is 67.7 Å². The van der Waals surface area contributed by atoms with Crippen molar-refractivity contribution in [3.63, 3.8) is 0 Å². The van der Waals surface area contributed by atoms with E-state index >= 15 is 0 Å². The number of rotatable bonds is 5. The zero-order chi connectivity index (χ0) is 29.6. The van der Waals surface area contributed by atoms with Crippen molar-refractivity contribution in [2.24, 2.45) is 10.2 Å². The first-order valence-electron chi connectivity index (χ1n) is 15.2. The second-order valence-corrected chi connectivity index (χ2v) is 11.5. The van der Waals surface area contributed by atoms with E-state index in [-0.39, 0.29) is 10.9 Å². The summed E-state index contributed by atoms with van der Waals surface area (Å²) in [5, 5.41) is 13.3. The molecule has 218 valence electrons. The lowest BCUT2D eigenvalue weighted by Gasteiger charge is -2.18. The molecule has 0 N–H and O–H groups in total. The van der Waals surface area contributed by atoms with E-state index in [4.69, 9.17) is 8.83 Å². The van der Waals surface area contributed by atoms with Crippen molar-refractivity contribution in [2.45, 2.75) is 25.7 Å². The molecule has 0 saturated carbocycles. The molecule has 0 unspecified atom stereocenters. The maximum atomic E-state index is 14.0. The molecule has 4 heterocycles. The maximum absolute atomic E-state index is 14.0. The number of hydrogen-bond acceptors (Lipinski definition) is 8. The van der Waals surface area contributed by atoms with E-state index < -0.39 is 0 Å². The Kier molecular flexibility index (Phi) is 6.47. The minimum atomic E-state index is -0.154. The van der Waals surface area contributed by atoms with E-state index in [9.17, 15) is 9.59 Å². The van der Waals surface area contributed by atoms with Crippen molar-refractivity contribution in [1.29, 1.82) is 0 Å². The molecule has 0 amide bonds. The molecule has 0 spiro atoms. The summed E-state index contributed by atoms with van der Waals surface area (Å²) in [6.45, 7) is 3.21. The van der Waals surface area contributed by atoms with E-state index in [0.717, 1.165) is 73.4 Å². The third-order valence-corrected chi connectivity index (χ3v) is 8.83. The van der Waals surface area contributed by atoms with Gasteiger partial charge in [0.2, 0.25) is 22.6 Å². The molecule has 2 aliphatic heterocycles. The summed E-state index contributed by atoms with van der Waals surface area (Å²) in [4.78, 5) is 32.3. The average Bonchev–Trinajstić information content (AvgIpc) is 3.79. The highest BCUT2D eigenvalue weighted by Gasteiger charge is 2.24. The molecule has 8 nitrogen and oxygen atoms in total. The third-order valence-electron chi connectivity index (χ3n) is 8.83. The van der Waals surface area contributed by atoms with E-state index in [1.54, 1.807) is 0 Å². The minimum absolute atomic E-state index is 0.154. The first-order valence-corrected chi connectivity index (χ1v) is 15.2. The standard InChI is InChI=1S/C36H30N4O4/c41-33-27(35(39-17-5-6-18-39)43-29-15-13-23-9-1-3-11-25(23)31(29)33)21-37-38-22-28-34(42)32-26-12-4-2-10-24(26)14-16-30(32)44-36(28)40-19-7-8-20-40/h1-4,9-16,21-22H,5-8,17-20H2/b37-21+,38-22+. The Morgan fingerprint density at radius 1 is 0.545 bits per heavy atom. The van der Waals surface area contributed by atoms with Crippen molar-refractivity contribution in [1.82, 2.24) is 0 Å². The van der Waals surface area contributed by atoms with Gasteiger partial charge < -0.3 is 18.6 Å². The van der Waals surface area contributed by atoms with Crippen LogP contribution >= 0.6 is 0 Å². The summed E-state index contributed by atoms with van der Waals surface area (Å²) in [7, 11) is 0. The number of hydrogen-bond donors (Lipinski definition) is 0. The van der Waals surface area contributed by atoms with Crippen LogP contribution in [-0.2, 0) is 0 Å². The van der Waals surface area contributed by atoms with E-state index in [1.165, 1.54) is 12.4 Å². The zero-order valence-electron chi connectivity index (χ0n) is 24.2. The molecule has 2 fully saturated rings. The van der Waals surface area contributed by atoms with Crippen LogP contribution in [-0.4, -0.2) is 38.6 Å². The maximum Gasteiger partial charge on any atom is 0.208 e. The summed E-state index contributed by atoms with van der Waals surface area (Å²) in [6, 6.07) is 23.3. The molecular formula is C36H30N4O4. The zero-order valence-corrected chi connectivity index (χ0v) is 24.2. The fraction of sp³-hybridized carbons (Fsp3) is 0.222. The summed E-state index contributed by atoms with van der Waals surface area (Å²) >= 11 is 0. The monoisotopic (exact) mass is 582 g/mol. The Hall–Kier alpha value is -5.24. The van der Waals surface area contributed by atoms with Crippen LogP contribution in [0, 0.1) is 0 Å². The Labute approximate surface area is 252 Å². The first kappa shape index (κ1) is 26.4. The molecular weight excluding hydrogens is 552 g/mol. The molecule has 0 aliphatic carbocycles. The van der Waals surface area contributed by atoms with Gasteiger partial charge in [-0.05, 0) is 59.4 Å². The summed E-state index contributed by atoms with van der Waals surface area (Å²) in [5.41, 5.74) is 1.49. The Balaban J connectivity index is 1.27. The molecule has 44 heavy (non-hydrogen) atoms. The van der Waals surface area contributed by atoms with Crippen LogP contribution < -0.4 is 20.7 Å². The van der Waals surface area contributed by atoms with Crippen LogP contribution in [0.4, 0.5) is 11.8 Å². The number of nitrogens with zero attached hydrogens (tertiary/aromatic N) is 4. The van der Waals surface area contributed by atoms with Gasteiger partial charge in [-0.3, -0.25) is 9.59 Å². The fourth-order valence-corrected chi connectivity index (χ4v) is 6.64. The molecule has 2 aliphatic rings. The highest BCUT2D eigenvalue weighted by molar-refractivity contribution is 6.09. The molecule has 4 aromatic carbocycles. The largest absolute Gasteiger partial charge is 0.440 e. The lowest BCUT2D eigenvalue weighted by molar-refractivity contribution is 0.586. The van der Waals surface area contributed by atoms with Gasteiger partial charge in [-0.15, -0.1) is 0 Å². The second-order valence-electron chi connectivity index (χ2n) is 11.5. The van der Waals surface area contributed by atoms with Crippen LogP contribution in [0.3, 0.4) is 0 Å². The molecule has 6 aromatic rings. The quantitative estimate of drug-likeness (QED) is 0.125. The first-order chi connectivity index (χ1) is 21.7. The predicted molar refractivity (Wildman–Crippen MR) is 178 cm³/mol. The van der Waals surface area contributed by atoms with Crippen LogP contribution in [0.25, 0.3) is 43.5 Å². The molecule has 2 aromatic heterocycles. The highest BCUT2D eigenvalue weighted by atomic mass is 16.4. The average molecular weight is 583 g/mol. The summed E-state index contributed by atoms with van der Waals surface area (Å²) in [5.74, 6) is 1.01. The summed E-state index contributed by atoms with van der Waals surface area (Å²) < 4.78 is 12.8. The van der Waals surface area contributed by atoms with E-state index in [2.05, 4.69) is 20.0 Å².